The molecule has 0 saturated carbocycles. The highest BCUT2D eigenvalue weighted by Crippen LogP contribution is 2.17. The van der Waals surface area contributed by atoms with Crippen LogP contribution in [0.15, 0.2) is 47.9 Å². The lowest BCUT2D eigenvalue weighted by atomic mass is 10.0. The lowest BCUT2D eigenvalue weighted by Gasteiger charge is -2.18. The van der Waals surface area contributed by atoms with Crippen molar-refractivity contribution in [2.75, 3.05) is 0 Å². The minimum absolute atomic E-state index is 0.0507. The van der Waals surface area contributed by atoms with Crippen LogP contribution in [-0.4, -0.2) is 21.0 Å². The van der Waals surface area contributed by atoms with Crippen LogP contribution in [0.2, 0.25) is 0 Å². The summed E-state index contributed by atoms with van der Waals surface area (Å²) in [5.41, 5.74) is 8.44. The molecule has 0 spiro atoms. The summed E-state index contributed by atoms with van der Waals surface area (Å²) in [6.07, 6.45) is 3.89. The van der Waals surface area contributed by atoms with E-state index in [2.05, 4.69) is 20.4 Å². The van der Waals surface area contributed by atoms with Crippen LogP contribution in [0.1, 0.15) is 29.4 Å². The highest BCUT2D eigenvalue weighted by Gasteiger charge is 2.13. The first-order chi connectivity index (χ1) is 10.2. The summed E-state index contributed by atoms with van der Waals surface area (Å²) in [5.74, 6) is 0.186. The molecule has 6 heteroatoms. The quantitative estimate of drug-likeness (QED) is 0.325. The molecule has 0 aliphatic heterocycles. The van der Waals surface area contributed by atoms with Gasteiger partial charge in [-0.25, -0.2) is 0 Å². The first-order valence-corrected chi connectivity index (χ1v) is 6.71. The minimum atomic E-state index is -0.0507. The fourth-order valence-corrected chi connectivity index (χ4v) is 1.98. The van der Waals surface area contributed by atoms with Crippen LogP contribution in [0.4, 0.5) is 0 Å². The van der Waals surface area contributed by atoms with Gasteiger partial charge >= 0.3 is 0 Å². The number of rotatable bonds is 6. The van der Waals surface area contributed by atoms with Crippen molar-refractivity contribution in [3.63, 3.8) is 0 Å². The van der Waals surface area contributed by atoms with Gasteiger partial charge in [0.05, 0.1) is 11.4 Å². The van der Waals surface area contributed by atoms with Crippen molar-refractivity contribution >= 4 is 5.84 Å². The van der Waals surface area contributed by atoms with E-state index >= 15 is 0 Å². The molecule has 1 aromatic heterocycles. The predicted octanol–water partition coefficient (Wildman–Crippen LogP) is 1.75. The molecule has 1 aromatic carbocycles. The summed E-state index contributed by atoms with van der Waals surface area (Å²) in [4.78, 5) is 8.52. The van der Waals surface area contributed by atoms with Crippen molar-refractivity contribution in [3.05, 3.63) is 59.7 Å². The van der Waals surface area contributed by atoms with Crippen molar-refractivity contribution in [2.45, 2.75) is 25.9 Å². The Balaban J connectivity index is 2.07. The number of oxime groups is 1. The molecular formula is C15H19N5O. The number of nitrogens with zero attached hydrogens (tertiary/aromatic N) is 3. The van der Waals surface area contributed by atoms with Crippen LogP contribution in [0.3, 0.4) is 0 Å². The van der Waals surface area contributed by atoms with Crippen molar-refractivity contribution in [3.8, 4) is 0 Å². The molecule has 1 atom stereocenters. The highest BCUT2D eigenvalue weighted by atomic mass is 16.4. The lowest BCUT2D eigenvalue weighted by molar-refractivity contribution is 0.315. The Morgan fingerprint density at radius 1 is 1.29 bits per heavy atom. The third kappa shape index (κ3) is 4.54. The van der Waals surface area contributed by atoms with Gasteiger partial charge in [0.1, 0.15) is 5.84 Å². The van der Waals surface area contributed by atoms with Gasteiger partial charge in [-0.3, -0.25) is 9.97 Å². The van der Waals surface area contributed by atoms with E-state index in [1.807, 2.05) is 37.3 Å². The van der Waals surface area contributed by atoms with Gasteiger partial charge in [-0.2, -0.15) is 0 Å². The highest BCUT2D eigenvalue weighted by molar-refractivity contribution is 5.80. The minimum Gasteiger partial charge on any atom is -0.409 e. The van der Waals surface area contributed by atoms with E-state index in [9.17, 15) is 0 Å². The Labute approximate surface area is 123 Å². The Bertz CT molecular complexity index is 583. The summed E-state index contributed by atoms with van der Waals surface area (Å²) < 4.78 is 0. The number of benzene rings is 1. The van der Waals surface area contributed by atoms with E-state index in [4.69, 9.17) is 10.9 Å². The maximum absolute atomic E-state index is 8.76. The molecule has 0 amide bonds. The van der Waals surface area contributed by atoms with Crippen LogP contribution in [0.25, 0.3) is 0 Å². The number of amidine groups is 1. The zero-order chi connectivity index (χ0) is 15.1. The monoisotopic (exact) mass is 285 g/mol. The number of hydrogen-bond acceptors (Lipinski definition) is 5. The molecule has 4 N–H and O–H groups in total. The van der Waals surface area contributed by atoms with Gasteiger partial charge in [0.25, 0.3) is 0 Å². The molecule has 0 bridgehead atoms. The van der Waals surface area contributed by atoms with Gasteiger partial charge in [-0.15, -0.1) is 0 Å². The molecule has 21 heavy (non-hydrogen) atoms. The van der Waals surface area contributed by atoms with E-state index < -0.39 is 0 Å². The Morgan fingerprint density at radius 3 is 2.67 bits per heavy atom. The molecule has 0 aliphatic rings. The Morgan fingerprint density at radius 2 is 2.05 bits per heavy atom. The number of aryl methyl sites for hydroxylation is 1. The third-order valence-corrected chi connectivity index (χ3v) is 3.11. The summed E-state index contributed by atoms with van der Waals surface area (Å²) >= 11 is 0. The Kier molecular flexibility index (Phi) is 5.22. The van der Waals surface area contributed by atoms with Gasteiger partial charge in [-0.1, -0.05) is 35.5 Å². The maximum atomic E-state index is 8.76. The second-order valence-corrected chi connectivity index (χ2v) is 4.79. The smallest absolute Gasteiger partial charge is 0.141 e. The average Bonchev–Trinajstić information content (AvgIpc) is 2.53. The largest absolute Gasteiger partial charge is 0.409 e. The van der Waals surface area contributed by atoms with E-state index in [1.165, 1.54) is 0 Å². The number of nitrogens with one attached hydrogen (secondary N) is 1. The zero-order valence-electron chi connectivity index (χ0n) is 11.9. The number of hydrogen-bond donors (Lipinski definition) is 3. The van der Waals surface area contributed by atoms with E-state index in [0.29, 0.717) is 13.0 Å². The standard InChI is InChI=1S/C15H19N5O/c1-11-8-18-13(9-17-11)10-19-14(7-15(16)20-21)12-5-3-2-4-6-12/h2-6,8-9,14,19,21H,7,10H2,1H3,(H2,16,20). The Hall–Kier alpha value is -2.47. The first-order valence-electron chi connectivity index (χ1n) is 6.71. The molecule has 110 valence electrons. The average molecular weight is 285 g/mol. The molecule has 1 heterocycles. The van der Waals surface area contributed by atoms with Crippen LogP contribution in [0, 0.1) is 6.92 Å². The molecule has 6 nitrogen and oxygen atoms in total. The molecule has 2 aromatic rings. The maximum Gasteiger partial charge on any atom is 0.141 e. The van der Waals surface area contributed by atoms with Gasteiger partial charge in [0.2, 0.25) is 0 Å². The van der Waals surface area contributed by atoms with E-state index in [1.54, 1.807) is 12.4 Å². The fraction of sp³-hybridized carbons (Fsp3) is 0.267. The van der Waals surface area contributed by atoms with Crippen LogP contribution in [-0.2, 0) is 6.54 Å². The predicted molar refractivity (Wildman–Crippen MR) is 80.8 cm³/mol. The van der Waals surface area contributed by atoms with Crippen molar-refractivity contribution in [1.82, 2.24) is 15.3 Å². The summed E-state index contributed by atoms with van der Waals surface area (Å²) in [6, 6.07) is 9.83. The molecule has 0 saturated heterocycles. The van der Waals surface area contributed by atoms with Crippen LogP contribution in [0.5, 0.6) is 0 Å². The van der Waals surface area contributed by atoms with Crippen LogP contribution >= 0.6 is 0 Å². The molecule has 2 rings (SSSR count). The third-order valence-electron chi connectivity index (χ3n) is 3.11. The molecule has 0 aliphatic carbocycles. The van der Waals surface area contributed by atoms with Gasteiger partial charge < -0.3 is 16.3 Å². The molecule has 0 radical (unpaired) electrons. The summed E-state index contributed by atoms with van der Waals surface area (Å²) in [7, 11) is 0. The molecule has 1 unspecified atom stereocenters. The molecule has 0 fully saturated rings. The van der Waals surface area contributed by atoms with Crippen molar-refractivity contribution in [1.29, 1.82) is 0 Å². The summed E-state index contributed by atoms with van der Waals surface area (Å²) in [6.45, 7) is 2.46. The normalized spacial score (nSPS) is 13.1. The fourth-order valence-electron chi connectivity index (χ4n) is 1.98. The topological polar surface area (TPSA) is 96.4 Å². The lowest BCUT2D eigenvalue weighted by Crippen LogP contribution is -2.27. The molecular weight excluding hydrogens is 266 g/mol. The van der Waals surface area contributed by atoms with Gasteiger partial charge in [0.15, 0.2) is 0 Å². The second-order valence-electron chi connectivity index (χ2n) is 4.79. The summed E-state index contributed by atoms with van der Waals surface area (Å²) in [5, 5.41) is 15.2. The SMILES string of the molecule is Cc1cnc(CNC(CC(N)=NO)c2ccccc2)cn1. The zero-order valence-corrected chi connectivity index (χ0v) is 11.9. The van der Waals surface area contributed by atoms with Gasteiger partial charge in [0, 0.05) is 31.4 Å². The first kappa shape index (κ1) is 14.9. The van der Waals surface area contributed by atoms with Crippen molar-refractivity contribution in [2.24, 2.45) is 10.9 Å². The van der Waals surface area contributed by atoms with Gasteiger partial charge in [-0.05, 0) is 12.5 Å². The van der Waals surface area contributed by atoms with E-state index in [-0.39, 0.29) is 11.9 Å². The number of nitrogens with two attached hydrogens (primary N) is 1. The number of aromatic nitrogens is 2. The van der Waals surface area contributed by atoms with Crippen LogP contribution < -0.4 is 11.1 Å². The second kappa shape index (κ2) is 7.35. The van der Waals surface area contributed by atoms with E-state index in [0.717, 1.165) is 17.0 Å². The van der Waals surface area contributed by atoms with Crippen molar-refractivity contribution < 1.29 is 5.21 Å².